The van der Waals surface area contributed by atoms with Crippen molar-refractivity contribution in [1.82, 2.24) is 0 Å². The molecule has 0 saturated heterocycles. The third-order valence-electron chi connectivity index (χ3n) is 2.16. The predicted octanol–water partition coefficient (Wildman–Crippen LogP) is 3.46. The Morgan fingerprint density at radius 1 is 1.07 bits per heavy atom. The molecular formula is C10H9F3O. The van der Waals surface area contributed by atoms with Crippen LogP contribution in [-0.2, 0) is 0 Å². The van der Waals surface area contributed by atoms with Gasteiger partial charge in [-0.2, -0.15) is 0 Å². The molecule has 1 aromatic rings. The van der Waals surface area contributed by atoms with E-state index in [2.05, 4.69) is 4.74 Å². The highest BCUT2D eigenvalue weighted by Gasteiger charge is 2.31. The Balaban J connectivity index is 2.06. The van der Waals surface area contributed by atoms with Crippen LogP contribution in [0.1, 0.15) is 24.3 Å². The molecule has 76 valence electrons. The average molecular weight is 202 g/mol. The van der Waals surface area contributed by atoms with Crippen LogP contribution in [0, 0.1) is 0 Å². The van der Waals surface area contributed by atoms with Crippen molar-refractivity contribution in [2.24, 2.45) is 0 Å². The molecule has 0 aromatic heterocycles. The lowest BCUT2D eigenvalue weighted by Crippen LogP contribution is -2.16. The van der Waals surface area contributed by atoms with E-state index in [1.165, 1.54) is 12.1 Å². The first-order chi connectivity index (χ1) is 6.54. The molecule has 1 nitrogen and oxygen atoms in total. The summed E-state index contributed by atoms with van der Waals surface area (Å²) in [4.78, 5) is 0. The molecule has 0 bridgehead atoms. The van der Waals surface area contributed by atoms with Crippen LogP contribution in [0.5, 0.6) is 5.75 Å². The van der Waals surface area contributed by atoms with Crippen LogP contribution in [0.4, 0.5) is 13.2 Å². The Bertz CT molecular complexity index is 311. The van der Waals surface area contributed by atoms with Gasteiger partial charge in [-0.3, -0.25) is 0 Å². The molecule has 1 aliphatic rings. The Morgan fingerprint density at radius 3 is 2.07 bits per heavy atom. The first kappa shape index (κ1) is 9.37. The maximum absolute atomic E-state index is 11.8. The summed E-state index contributed by atoms with van der Waals surface area (Å²) in [7, 11) is 0. The standard InChI is InChI=1S/C10H9F3O/c11-10(12,13)14-9-5-3-8(4-6-9)7-1-2-7/h3-7H,1-2H2. The van der Waals surface area contributed by atoms with E-state index >= 15 is 0 Å². The molecule has 4 heteroatoms. The minimum Gasteiger partial charge on any atom is -0.406 e. The van der Waals surface area contributed by atoms with Crippen molar-refractivity contribution in [2.75, 3.05) is 0 Å². The lowest BCUT2D eigenvalue weighted by atomic mass is 10.1. The summed E-state index contributed by atoms with van der Waals surface area (Å²) in [5.41, 5.74) is 1.10. The van der Waals surface area contributed by atoms with Gasteiger partial charge in [0, 0.05) is 0 Å². The molecule has 0 N–H and O–H groups in total. The third kappa shape index (κ3) is 2.40. The maximum atomic E-state index is 11.8. The second-order valence-corrected chi connectivity index (χ2v) is 3.39. The molecule has 1 aliphatic carbocycles. The molecule has 1 saturated carbocycles. The summed E-state index contributed by atoms with van der Waals surface area (Å²) in [5, 5.41) is 0. The maximum Gasteiger partial charge on any atom is 0.573 e. The van der Waals surface area contributed by atoms with Gasteiger partial charge < -0.3 is 4.74 Å². The molecule has 1 fully saturated rings. The summed E-state index contributed by atoms with van der Waals surface area (Å²) in [6, 6.07) is 6.11. The zero-order valence-electron chi connectivity index (χ0n) is 7.34. The lowest BCUT2D eigenvalue weighted by Gasteiger charge is -2.08. The van der Waals surface area contributed by atoms with Crippen molar-refractivity contribution in [3.63, 3.8) is 0 Å². The van der Waals surface area contributed by atoms with Crippen molar-refractivity contribution < 1.29 is 17.9 Å². The molecule has 0 aliphatic heterocycles. The number of halogens is 3. The first-order valence-corrected chi connectivity index (χ1v) is 4.40. The van der Waals surface area contributed by atoms with Gasteiger partial charge in [-0.1, -0.05) is 12.1 Å². The highest BCUT2D eigenvalue weighted by atomic mass is 19.4. The van der Waals surface area contributed by atoms with E-state index in [-0.39, 0.29) is 5.75 Å². The monoisotopic (exact) mass is 202 g/mol. The molecule has 0 heterocycles. The normalized spacial score (nSPS) is 16.8. The van der Waals surface area contributed by atoms with E-state index in [0.29, 0.717) is 5.92 Å². The van der Waals surface area contributed by atoms with Crippen LogP contribution < -0.4 is 4.74 Å². The summed E-state index contributed by atoms with van der Waals surface area (Å²) in [6.45, 7) is 0. The number of hydrogen-bond acceptors (Lipinski definition) is 1. The molecule has 14 heavy (non-hydrogen) atoms. The second-order valence-electron chi connectivity index (χ2n) is 3.39. The van der Waals surface area contributed by atoms with Gasteiger partial charge in [0.05, 0.1) is 0 Å². The summed E-state index contributed by atoms with van der Waals surface area (Å²) < 4.78 is 39.1. The van der Waals surface area contributed by atoms with Crippen LogP contribution in [0.25, 0.3) is 0 Å². The Morgan fingerprint density at radius 2 is 1.64 bits per heavy atom. The van der Waals surface area contributed by atoms with Gasteiger partial charge in [0.15, 0.2) is 0 Å². The van der Waals surface area contributed by atoms with Crippen LogP contribution in [0.15, 0.2) is 24.3 Å². The molecular weight excluding hydrogens is 193 g/mol. The first-order valence-electron chi connectivity index (χ1n) is 4.40. The number of rotatable bonds is 2. The predicted molar refractivity (Wildman–Crippen MR) is 45.1 cm³/mol. The van der Waals surface area contributed by atoms with Gasteiger partial charge in [-0.05, 0) is 36.5 Å². The van der Waals surface area contributed by atoms with Crippen LogP contribution in [-0.4, -0.2) is 6.36 Å². The van der Waals surface area contributed by atoms with E-state index in [1.807, 2.05) is 0 Å². The smallest absolute Gasteiger partial charge is 0.406 e. The number of benzene rings is 1. The number of hydrogen-bond donors (Lipinski definition) is 0. The molecule has 0 atom stereocenters. The van der Waals surface area contributed by atoms with Gasteiger partial charge >= 0.3 is 6.36 Å². The molecule has 2 rings (SSSR count). The van der Waals surface area contributed by atoms with Crippen LogP contribution >= 0.6 is 0 Å². The largest absolute Gasteiger partial charge is 0.573 e. The van der Waals surface area contributed by atoms with Crippen molar-refractivity contribution in [3.8, 4) is 5.75 Å². The Kier molecular flexibility index (Phi) is 2.13. The third-order valence-corrected chi connectivity index (χ3v) is 2.16. The van der Waals surface area contributed by atoms with Gasteiger partial charge in [-0.25, -0.2) is 0 Å². The molecule has 0 unspecified atom stereocenters. The molecule has 0 radical (unpaired) electrons. The van der Waals surface area contributed by atoms with Gasteiger partial charge in [0.1, 0.15) is 5.75 Å². The fraction of sp³-hybridized carbons (Fsp3) is 0.400. The highest BCUT2D eigenvalue weighted by molar-refractivity contribution is 5.31. The topological polar surface area (TPSA) is 9.23 Å². The zero-order valence-corrected chi connectivity index (χ0v) is 7.34. The quantitative estimate of drug-likeness (QED) is 0.713. The summed E-state index contributed by atoms with van der Waals surface area (Å²) in [5.74, 6) is 0.400. The van der Waals surface area contributed by atoms with Crippen molar-refractivity contribution >= 4 is 0 Å². The minimum atomic E-state index is -4.60. The molecule has 0 spiro atoms. The number of ether oxygens (including phenoxy) is 1. The summed E-state index contributed by atoms with van der Waals surface area (Å²) >= 11 is 0. The number of alkyl halides is 3. The zero-order chi connectivity index (χ0) is 10.2. The van der Waals surface area contributed by atoms with Crippen molar-refractivity contribution in [2.45, 2.75) is 25.1 Å². The van der Waals surface area contributed by atoms with Gasteiger partial charge in [0.25, 0.3) is 0 Å². The van der Waals surface area contributed by atoms with Crippen molar-refractivity contribution in [1.29, 1.82) is 0 Å². The van der Waals surface area contributed by atoms with Crippen molar-refractivity contribution in [3.05, 3.63) is 29.8 Å². The SMILES string of the molecule is FC(F)(F)Oc1ccc(C2CC2)cc1. The average Bonchev–Trinajstić information content (AvgIpc) is 2.85. The van der Waals surface area contributed by atoms with E-state index in [0.717, 1.165) is 18.4 Å². The highest BCUT2D eigenvalue weighted by Crippen LogP contribution is 2.40. The van der Waals surface area contributed by atoms with E-state index in [1.54, 1.807) is 12.1 Å². The molecule has 0 amide bonds. The summed E-state index contributed by atoms with van der Waals surface area (Å²) in [6.07, 6.45) is -2.32. The fourth-order valence-electron chi connectivity index (χ4n) is 1.36. The Labute approximate surface area is 79.5 Å². The lowest BCUT2D eigenvalue weighted by molar-refractivity contribution is -0.274. The fourth-order valence-corrected chi connectivity index (χ4v) is 1.36. The minimum absolute atomic E-state index is 0.151. The molecule has 1 aromatic carbocycles. The van der Waals surface area contributed by atoms with Crippen LogP contribution in [0.2, 0.25) is 0 Å². The van der Waals surface area contributed by atoms with Crippen LogP contribution in [0.3, 0.4) is 0 Å². The van der Waals surface area contributed by atoms with E-state index < -0.39 is 6.36 Å². The van der Waals surface area contributed by atoms with E-state index in [4.69, 9.17) is 0 Å². The Hall–Kier alpha value is -1.19. The van der Waals surface area contributed by atoms with Gasteiger partial charge in [-0.15, -0.1) is 13.2 Å². The van der Waals surface area contributed by atoms with Gasteiger partial charge in [0.2, 0.25) is 0 Å². The second kappa shape index (κ2) is 3.19. The van der Waals surface area contributed by atoms with E-state index in [9.17, 15) is 13.2 Å².